The fourth-order valence-corrected chi connectivity index (χ4v) is 2.99. The highest BCUT2D eigenvalue weighted by molar-refractivity contribution is 5.92. The second kappa shape index (κ2) is 4.01. The SMILES string of the molecule is O=C1N(CC2CC2)C(c2ccc(F)c(F)c2)NC12CC2. The van der Waals surface area contributed by atoms with E-state index in [4.69, 9.17) is 0 Å². The summed E-state index contributed by atoms with van der Waals surface area (Å²) in [4.78, 5) is 14.3. The van der Waals surface area contributed by atoms with Crippen molar-refractivity contribution in [3.05, 3.63) is 35.4 Å². The summed E-state index contributed by atoms with van der Waals surface area (Å²) in [5, 5.41) is 3.32. The van der Waals surface area contributed by atoms with Crippen LogP contribution in [0.2, 0.25) is 0 Å². The van der Waals surface area contributed by atoms with Crippen LogP contribution in [0.3, 0.4) is 0 Å². The zero-order chi connectivity index (χ0) is 13.9. The molecule has 2 saturated carbocycles. The topological polar surface area (TPSA) is 32.3 Å². The van der Waals surface area contributed by atoms with Crippen LogP contribution in [0, 0.1) is 17.6 Å². The molecule has 1 aromatic carbocycles. The third-order valence-corrected chi connectivity index (χ3v) is 4.56. The fourth-order valence-electron chi connectivity index (χ4n) is 2.99. The molecule has 1 aliphatic heterocycles. The normalized spacial score (nSPS) is 27.4. The summed E-state index contributed by atoms with van der Waals surface area (Å²) < 4.78 is 26.5. The number of carbonyl (C=O) groups excluding carboxylic acids is 1. The van der Waals surface area contributed by atoms with Gasteiger partial charge in [-0.25, -0.2) is 8.78 Å². The predicted octanol–water partition coefficient (Wildman–Crippen LogP) is 2.34. The first-order valence-electron chi connectivity index (χ1n) is 7.13. The minimum absolute atomic E-state index is 0.124. The molecule has 1 N–H and O–H groups in total. The molecule has 1 aromatic rings. The van der Waals surface area contributed by atoms with Crippen molar-refractivity contribution in [2.45, 2.75) is 37.4 Å². The summed E-state index contributed by atoms with van der Waals surface area (Å²) >= 11 is 0. The Morgan fingerprint density at radius 3 is 2.60 bits per heavy atom. The number of carbonyl (C=O) groups is 1. The van der Waals surface area contributed by atoms with Gasteiger partial charge in [0.2, 0.25) is 5.91 Å². The first-order chi connectivity index (χ1) is 9.59. The lowest BCUT2D eigenvalue weighted by Crippen LogP contribution is -2.33. The van der Waals surface area contributed by atoms with E-state index in [1.54, 1.807) is 6.07 Å². The van der Waals surface area contributed by atoms with Gasteiger partial charge in [-0.1, -0.05) is 6.07 Å². The summed E-state index contributed by atoms with van der Waals surface area (Å²) in [5.74, 6) is -1.02. The van der Waals surface area contributed by atoms with E-state index in [9.17, 15) is 13.6 Å². The molecular formula is C15H16F2N2O. The molecule has 1 saturated heterocycles. The van der Waals surface area contributed by atoms with Crippen LogP contribution in [0.4, 0.5) is 8.78 Å². The predicted molar refractivity (Wildman–Crippen MR) is 68.6 cm³/mol. The highest BCUT2D eigenvalue weighted by Gasteiger charge is 2.59. The van der Waals surface area contributed by atoms with Crippen LogP contribution in [0.5, 0.6) is 0 Å². The summed E-state index contributed by atoms with van der Waals surface area (Å²) in [6.07, 6.45) is 3.67. The summed E-state index contributed by atoms with van der Waals surface area (Å²) in [6, 6.07) is 3.89. The average molecular weight is 278 g/mol. The third kappa shape index (κ3) is 1.84. The first kappa shape index (κ1) is 12.3. The van der Waals surface area contributed by atoms with E-state index >= 15 is 0 Å². The third-order valence-electron chi connectivity index (χ3n) is 4.56. The van der Waals surface area contributed by atoms with E-state index in [0.29, 0.717) is 11.5 Å². The zero-order valence-corrected chi connectivity index (χ0v) is 11.0. The number of nitrogens with one attached hydrogen (secondary N) is 1. The molecule has 5 heteroatoms. The van der Waals surface area contributed by atoms with Gasteiger partial charge in [0.05, 0.1) is 0 Å². The Bertz CT molecular complexity index is 581. The molecule has 1 amide bonds. The summed E-state index contributed by atoms with van der Waals surface area (Å²) in [6.45, 7) is 0.719. The van der Waals surface area contributed by atoms with E-state index in [2.05, 4.69) is 5.32 Å². The van der Waals surface area contributed by atoms with Gasteiger partial charge >= 0.3 is 0 Å². The number of nitrogens with zero attached hydrogens (tertiary/aromatic N) is 1. The lowest BCUT2D eigenvalue weighted by Gasteiger charge is -2.24. The number of rotatable bonds is 3. The monoisotopic (exact) mass is 278 g/mol. The van der Waals surface area contributed by atoms with Gasteiger partial charge in [0.15, 0.2) is 11.6 Å². The molecule has 0 aromatic heterocycles. The van der Waals surface area contributed by atoms with Gasteiger partial charge in [-0.05, 0) is 49.3 Å². The molecule has 3 nitrogen and oxygen atoms in total. The summed E-state index contributed by atoms with van der Waals surface area (Å²) in [5.41, 5.74) is 0.200. The van der Waals surface area contributed by atoms with Gasteiger partial charge in [-0.2, -0.15) is 0 Å². The van der Waals surface area contributed by atoms with E-state index < -0.39 is 17.2 Å². The van der Waals surface area contributed by atoms with E-state index in [1.807, 2.05) is 4.90 Å². The smallest absolute Gasteiger partial charge is 0.244 e. The summed E-state index contributed by atoms with van der Waals surface area (Å²) in [7, 11) is 0. The van der Waals surface area contributed by atoms with Crippen LogP contribution in [0.1, 0.15) is 37.4 Å². The molecule has 0 bridgehead atoms. The van der Waals surface area contributed by atoms with Crippen LogP contribution in [-0.2, 0) is 4.79 Å². The van der Waals surface area contributed by atoms with Crippen molar-refractivity contribution in [3.8, 4) is 0 Å². The Kier molecular flexibility index (Phi) is 2.46. The van der Waals surface area contributed by atoms with Crippen molar-refractivity contribution >= 4 is 5.91 Å². The van der Waals surface area contributed by atoms with Crippen molar-refractivity contribution in [3.63, 3.8) is 0 Å². The quantitative estimate of drug-likeness (QED) is 0.920. The molecule has 2 aliphatic carbocycles. The molecule has 1 unspecified atom stereocenters. The number of hydrogen-bond acceptors (Lipinski definition) is 2. The maximum absolute atomic E-state index is 13.4. The van der Waals surface area contributed by atoms with E-state index in [0.717, 1.165) is 38.3 Å². The molecule has 20 heavy (non-hydrogen) atoms. The Hall–Kier alpha value is -1.49. The Morgan fingerprint density at radius 1 is 1.25 bits per heavy atom. The molecule has 106 valence electrons. The minimum atomic E-state index is -0.861. The first-order valence-corrected chi connectivity index (χ1v) is 7.13. The van der Waals surface area contributed by atoms with Crippen LogP contribution in [-0.4, -0.2) is 22.9 Å². The lowest BCUT2D eigenvalue weighted by molar-refractivity contribution is -0.131. The molecule has 3 aliphatic rings. The molecule has 1 heterocycles. The second-order valence-electron chi connectivity index (χ2n) is 6.20. The maximum Gasteiger partial charge on any atom is 0.244 e. The molecule has 4 rings (SSSR count). The van der Waals surface area contributed by atoms with Crippen LogP contribution < -0.4 is 5.32 Å². The molecular weight excluding hydrogens is 262 g/mol. The van der Waals surface area contributed by atoms with Crippen LogP contribution in [0.15, 0.2) is 18.2 Å². The van der Waals surface area contributed by atoms with Crippen molar-refractivity contribution in [1.29, 1.82) is 0 Å². The van der Waals surface area contributed by atoms with Gasteiger partial charge in [-0.3, -0.25) is 10.1 Å². The van der Waals surface area contributed by atoms with Gasteiger partial charge < -0.3 is 4.90 Å². The number of amides is 1. The average Bonchev–Trinajstić information content (AvgIpc) is 3.31. The Labute approximate surface area is 116 Å². The number of benzene rings is 1. The molecule has 0 radical (unpaired) electrons. The maximum atomic E-state index is 13.4. The fraction of sp³-hybridized carbons (Fsp3) is 0.533. The Balaban J connectivity index is 1.66. The standard InChI is InChI=1S/C15H16F2N2O/c16-11-4-3-10(7-12(11)17)13-18-15(5-6-15)14(20)19(13)8-9-1-2-9/h3-4,7,9,13,18H,1-2,5-6,8H2. The highest BCUT2D eigenvalue weighted by Crippen LogP contribution is 2.47. The van der Waals surface area contributed by atoms with Gasteiger partial charge in [-0.15, -0.1) is 0 Å². The number of hydrogen-bond donors (Lipinski definition) is 1. The minimum Gasteiger partial charge on any atom is -0.321 e. The van der Waals surface area contributed by atoms with Crippen LogP contribution >= 0.6 is 0 Å². The molecule has 1 atom stereocenters. The molecule has 3 fully saturated rings. The van der Waals surface area contributed by atoms with Gasteiger partial charge in [0.1, 0.15) is 11.7 Å². The zero-order valence-electron chi connectivity index (χ0n) is 11.0. The van der Waals surface area contributed by atoms with E-state index in [-0.39, 0.29) is 12.1 Å². The van der Waals surface area contributed by atoms with E-state index in [1.165, 1.54) is 6.07 Å². The van der Waals surface area contributed by atoms with Crippen molar-refractivity contribution < 1.29 is 13.6 Å². The van der Waals surface area contributed by atoms with Crippen molar-refractivity contribution in [1.82, 2.24) is 10.2 Å². The number of halogens is 2. The van der Waals surface area contributed by atoms with Gasteiger partial charge in [0, 0.05) is 6.54 Å². The van der Waals surface area contributed by atoms with Crippen LogP contribution in [0.25, 0.3) is 0 Å². The van der Waals surface area contributed by atoms with Crippen molar-refractivity contribution in [2.75, 3.05) is 6.54 Å². The molecule has 1 spiro atoms. The second-order valence-corrected chi connectivity index (χ2v) is 6.20. The van der Waals surface area contributed by atoms with Gasteiger partial charge in [0.25, 0.3) is 0 Å². The largest absolute Gasteiger partial charge is 0.321 e. The Morgan fingerprint density at radius 2 is 2.00 bits per heavy atom. The van der Waals surface area contributed by atoms with Crippen molar-refractivity contribution in [2.24, 2.45) is 5.92 Å². The highest BCUT2D eigenvalue weighted by atomic mass is 19.2. The lowest BCUT2D eigenvalue weighted by atomic mass is 10.1.